The molecule has 1 aromatic carbocycles. The van der Waals surface area contributed by atoms with E-state index in [-0.39, 0.29) is 24.1 Å². The lowest BCUT2D eigenvalue weighted by molar-refractivity contribution is -0.122. The summed E-state index contributed by atoms with van der Waals surface area (Å²) in [6, 6.07) is 4.71. The van der Waals surface area contributed by atoms with Crippen molar-refractivity contribution < 1.29 is 27.8 Å². The van der Waals surface area contributed by atoms with E-state index in [9.17, 15) is 18.4 Å². The molecule has 0 fully saturated rings. The van der Waals surface area contributed by atoms with Gasteiger partial charge in [0.1, 0.15) is 11.4 Å². The number of rotatable bonds is 7. The van der Waals surface area contributed by atoms with Gasteiger partial charge in [-0.25, -0.2) is 4.79 Å². The molecule has 0 bridgehead atoms. The van der Waals surface area contributed by atoms with E-state index in [0.29, 0.717) is 13.0 Å². The molecule has 2 amide bonds. The Morgan fingerprint density at radius 2 is 2.04 bits per heavy atom. The fourth-order valence-corrected chi connectivity index (χ4v) is 3.14. The summed E-state index contributed by atoms with van der Waals surface area (Å²) in [4.78, 5) is 23.8. The highest BCUT2D eigenvalue weighted by molar-refractivity contribution is 5.76. The molecule has 1 aliphatic carbocycles. The average molecular weight is 398 g/mol. The topological polar surface area (TPSA) is 76.7 Å². The highest BCUT2D eigenvalue weighted by Gasteiger charge is 2.22. The van der Waals surface area contributed by atoms with E-state index in [1.807, 2.05) is 0 Å². The minimum atomic E-state index is -2.86. The maximum Gasteiger partial charge on any atom is 0.407 e. The van der Waals surface area contributed by atoms with Crippen LogP contribution in [0.25, 0.3) is 0 Å². The maximum atomic E-state index is 12.4. The van der Waals surface area contributed by atoms with Crippen LogP contribution in [0.2, 0.25) is 0 Å². The number of hydrogen-bond acceptors (Lipinski definition) is 4. The molecule has 1 atom stereocenters. The molecule has 0 radical (unpaired) electrons. The summed E-state index contributed by atoms with van der Waals surface area (Å²) in [7, 11) is 0. The third-order valence-corrected chi connectivity index (χ3v) is 4.24. The van der Waals surface area contributed by atoms with Crippen LogP contribution in [-0.4, -0.2) is 30.8 Å². The second kappa shape index (κ2) is 9.71. The minimum Gasteiger partial charge on any atom is -0.444 e. The second-order valence-corrected chi connectivity index (χ2v) is 7.78. The quantitative estimate of drug-likeness (QED) is 0.679. The Morgan fingerprint density at radius 3 is 2.71 bits per heavy atom. The Hall–Kier alpha value is -2.38. The fraction of sp³-hybridized carbons (Fsp3) is 0.600. The van der Waals surface area contributed by atoms with Crippen LogP contribution in [0.5, 0.6) is 5.75 Å². The molecule has 8 heteroatoms. The maximum absolute atomic E-state index is 12.4. The molecule has 6 nitrogen and oxygen atoms in total. The summed E-state index contributed by atoms with van der Waals surface area (Å²) < 4.78 is 34.3. The number of halogens is 2. The van der Waals surface area contributed by atoms with Crippen LogP contribution in [0.15, 0.2) is 18.2 Å². The molecule has 1 unspecified atom stereocenters. The van der Waals surface area contributed by atoms with Gasteiger partial charge in [-0.05, 0) is 69.7 Å². The van der Waals surface area contributed by atoms with Crippen molar-refractivity contribution in [3.8, 4) is 5.75 Å². The molecule has 2 N–H and O–H groups in total. The second-order valence-electron chi connectivity index (χ2n) is 7.78. The summed E-state index contributed by atoms with van der Waals surface area (Å²) in [5, 5.41) is 5.61. The molecule has 1 aromatic rings. The number of benzene rings is 1. The SMILES string of the molecule is CC(C)(C)OC(=O)NCCCC(=O)NC1CCCc2cc(OC(F)F)ccc21. The van der Waals surface area contributed by atoms with E-state index in [4.69, 9.17) is 4.74 Å². The molecule has 28 heavy (non-hydrogen) atoms. The Balaban J connectivity index is 1.80. The van der Waals surface area contributed by atoms with E-state index >= 15 is 0 Å². The van der Waals surface area contributed by atoms with Crippen molar-refractivity contribution in [1.82, 2.24) is 10.6 Å². The number of carbonyl (C=O) groups excluding carboxylic acids is 2. The number of nitrogens with one attached hydrogen (secondary N) is 2. The Bertz CT molecular complexity index is 689. The van der Waals surface area contributed by atoms with Crippen LogP contribution in [-0.2, 0) is 16.0 Å². The third-order valence-electron chi connectivity index (χ3n) is 4.24. The summed E-state index contributed by atoms with van der Waals surface area (Å²) in [5.74, 6) is 0.0192. The number of ether oxygens (including phenoxy) is 2. The average Bonchev–Trinajstić information content (AvgIpc) is 2.56. The number of alkyl carbamates (subject to hydrolysis) is 1. The third kappa shape index (κ3) is 7.32. The van der Waals surface area contributed by atoms with Gasteiger partial charge in [0.05, 0.1) is 6.04 Å². The van der Waals surface area contributed by atoms with Crippen LogP contribution in [0.3, 0.4) is 0 Å². The smallest absolute Gasteiger partial charge is 0.407 e. The van der Waals surface area contributed by atoms with E-state index in [0.717, 1.165) is 30.4 Å². The first-order valence-electron chi connectivity index (χ1n) is 9.48. The number of hydrogen-bond donors (Lipinski definition) is 2. The number of carbonyl (C=O) groups is 2. The minimum absolute atomic E-state index is 0.114. The van der Waals surface area contributed by atoms with Gasteiger partial charge in [0.15, 0.2) is 0 Å². The van der Waals surface area contributed by atoms with E-state index in [1.165, 1.54) is 6.07 Å². The van der Waals surface area contributed by atoms with Crippen LogP contribution in [0.1, 0.15) is 63.6 Å². The normalized spacial score (nSPS) is 16.3. The van der Waals surface area contributed by atoms with Gasteiger partial charge in [-0.1, -0.05) is 6.07 Å². The van der Waals surface area contributed by atoms with Gasteiger partial charge in [-0.3, -0.25) is 4.79 Å². The molecule has 0 aromatic heterocycles. The predicted octanol–water partition coefficient (Wildman–Crippen LogP) is 4.09. The van der Waals surface area contributed by atoms with Crippen LogP contribution < -0.4 is 15.4 Å². The molecule has 0 aliphatic heterocycles. The van der Waals surface area contributed by atoms with Gasteiger partial charge < -0.3 is 20.1 Å². The number of alkyl halides is 2. The molecule has 156 valence electrons. The van der Waals surface area contributed by atoms with Crippen molar-refractivity contribution in [2.24, 2.45) is 0 Å². The van der Waals surface area contributed by atoms with Gasteiger partial charge in [0, 0.05) is 13.0 Å². The predicted molar refractivity (Wildman–Crippen MR) is 100 cm³/mol. The van der Waals surface area contributed by atoms with E-state index < -0.39 is 18.3 Å². The first-order valence-corrected chi connectivity index (χ1v) is 9.48. The molecule has 0 saturated carbocycles. The van der Waals surface area contributed by atoms with Crippen LogP contribution in [0, 0.1) is 0 Å². The van der Waals surface area contributed by atoms with Crippen LogP contribution in [0.4, 0.5) is 13.6 Å². The van der Waals surface area contributed by atoms with Crippen molar-refractivity contribution in [2.75, 3.05) is 6.54 Å². The summed E-state index contributed by atoms with van der Waals surface area (Å²) >= 11 is 0. The number of fused-ring (bicyclic) bond motifs is 1. The van der Waals surface area contributed by atoms with Gasteiger partial charge in [0.25, 0.3) is 0 Å². The monoisotopic (exact) mass is 398 g/mol. The van der Waals surface area contributed by atoms with Gasteiger partial charge >= 0.3 is 12.7 Å². The van der Waals surface area contributed by atoms with E-state index in [2.05, 4.69) is 15.4 Å². The molecular formula is C20H28F2N2O4. The lowest BCUT2D eigenvalue weighted by Gasteiger charge is -2.27. The van der Waals surface area contributed by atoms with Gasteiger partial charge in [-0.2, -0.15) is 8.78 Å². The fourth-order valence-electron chi connectivity index (χ4n) is 3.14. The van der Waals surface area contributed by atoms with Crippen molar-refractivity contribution in [3.63, 3.8) is 0 Å². The zero-order chi connectivity index (χ0) is 20.7. The van der Waals surface area contributed by atoms with Gasteiger partial charge in [-0.15, -0.1) is 0 Å². The van der Waals surface area contributed by atoms with Crippen LogP contribution >= 0.6 is 0 Å². The zero-order valence-corrected chi connectivity index (χ0v) is 16.5. The highest BCUT2D eigenvalue weighted by Crippen LogP contribution is 2.32. The molecule has 2 rings (SSSR count). The standard InChI is InChI=1S/C20H28F2N2O4/c1-20(2,3)28-19(26)23-11-5-8-17(25)24-16-7-4-6-13-12-14(27-18(21)22)9-10-15(13)16/h9-10,12,16,18H,4-8,11H2,1-3H3,(H,23,26)(H,24,25). The molecule has 1 aliphatic rings. The Morgan fingerprint density at radius 1 is 1.29 bits per heavy atom. The number of amides is 2. The molecule has 0 saturated heterocycles. The molecular weight excluding hydrogens is 370 g/mol. The van der Waals surface area contributed by atoms with Gasteiger partial charge in [0.2, 0.25) is 5.91 Å². The van der Waals surface area contributed by atoms with Crippen molar-refractivity contribution >= 4 is 12.0 Å². The highest BCUT2D eigenvalue weighted by atomic mass is 19.3. The largest absolute Gasteiger partial charge is 0.444 e. The lowest BCUT2D eigenvalue weighted by atomic mass is 9.87. The summed E-state index contributed by atoms with van der Waals surface area (Å²) in [6.45, 7) is 2.84. The zero-order valence-electron chi connectivity index (χ0n) is 16.5. The summed E-state index contributed by atoms with van der Waals surface area (Å²) in [5.41, 5.74) is 1.30. The Labute approximate surface area is 164 Å². The molecule has 0 heterocycles. The van der Waals surface area contributed by atoms with Crippen molar-refractivity contribution in [3.05, 3.63) is 29.3 Å². The van der Waals surface area contributed by atoms with E-state index in [1.54, 1.807) is 32.9 Å². The lowest BCUT2D eigenvalue weighted by Crippen LogP contribution is -2.34. The van der Waals surface area contributed by atoms with Crippen molar-refractivity contribution in [2.45, 2.75) is 71.1 Å². The summed E-state index contributed by atoms with van der Waals surface area (Å²) in [6.07, 6.45) is 2.68. The Kier molecular flexibility index (Phi) is 7.60. The first-order chi connectivity index (χ1) is 13.1. The first kappa shape index (κ1) is 21.9. The van der Waals surface area contributed by atoms with Crippen molar-refractivity contribution in [1.29, 1.82) is 0 Å². The molecule has 0 spiro atoms. The number of aryl methyl sites for hydroxylation is 1.